The van der Waals surface area contributed by atoms with Crippen LogP contribution in [0.5, 0.6) is 5.75 Å². The Morgan fingerprint density at radius 3 is 2.62 bits per heavy atom. The highest BCUT2D eigenvalue weighted by atomic mass is 16.5. The quantitative estimate of drug-likeness (QED) is 0.231. The Morgan fingerprint density at radius 1 is 1.05 bits per heavy atom. The van der Waals surface area contributed by atoms with Crippen molar-refractivity contribution in [3.63, 3.8) is 0 Å². The molecule has 1 amide bonds. The number of hydrogen-bond donors (Lipinski definition) is 2. The van der Waals surface area contributed by atoms with E-state index in [1.165, 1.54) is 20.0 Å². The van der Waals surface area contributed by atoms with Gasteiger partial charge in [-0.1, -0.05) is 31.0 Å². The van der Waals surface area contributed by atoms with E-state index >= 15 is 0 Å². The van der Waals surface area contributed by atoms with Gasteiger partial charge in [-0.2, -0.15) is 5.26 Å². The molecule has 0 bridgehead atoms. The Kier molecular flexibility index (Phi) is 8.16. The zero-order chi connectivity index (χ0) is 28.1. The van der Waals surface area contributed by atoms with E-state index in [9.17, 15) is 14.9 Å². The fraction of sp³-hybridized carbons (Fsp3) is 0.303. The summed E-state index contributed by atoms with van der Waals surface area (Å²) < 4.78 is 10.7. The van der Waals surface area contributed by atoms with Crippen molar-refractivity contribution >= 4 is 28.5 Å². The number of carbonyl (C=O) groups is 2. The lowest BCUT2D eigenvalue weighted by Gasteiger charge is -2.21. The lowest BCUT2D eigenvalue weighted by Crippen LogP contribution is -2.15. The number of fused-ring (bicyclic) bond motifs is 1. The Labute approximate surface area is 234 Å². The zero-order valence-electron chi connectivity index (χ0n) is 22.8. The number of hydrogen-bond acceptors (Lipinski definition) is 5. The summed E-state index contributed by atoms with van der Waals surface area (Å²) in [6.45, 7) is 0. The predicted octanol–water partition coefficient (Wildman–Crippen LogP) is 6.73. The number of nitrogens with zero attached hydrogens (tertiary/aromatic N) is 1. The normalized spacial score (nSPS) is 14.0. The van der Waals surface area contributed by atoms with Crippen LogP contribution in [0.2, 0.25) is 0 Å². The minimum atomic E-state index is -0.437. The molecule has 1 aromatic heterocycles. The van der Waals surface area contributed by atoms with Crippen molar-refractivity contribution in [3.05, 3.63) is 94.7 Å². The van der Waals surface area contributed by atoms with Gasteiger partial charge < -0.3 is 19.8 Å². The first-order valence-corrected chi connectivity index (χ1v) is 13.6. The molecule has 7 heteroatoms. The molecule has 3 aromatic carbocycles. The number of anilines is 1. The highest BCUT2D eigenvalue weighted by molar-refractivity contribution is 5.95. The molecule has 1 atom stereocenters. The van der Waals surface area contributed by atoms with Crippen molar-refractivity contribution in [3.8, 4) is 11.8 Å². The van der Waals surface area contributed by atoms with E-state index in [1.54, 1.807) is 25.3 Å². The molecule has 0 saturated heterocycles. The molecular weight excluding hydrogens is 502 g/mol. The minimum absolute atomic E-state index is 0.0493. The first-order valence-electron chi connectivity index (χ1n) is 13.6. The van der Waals surface area contributed by atoms with Gasteiger partial charge in [0.25, 0.3) is 0 Å². The number of aromatic amines is 1. The Balaban J connectivity index is 1.54. The van der Waals surface area contributed by atoms with E-state index in [-0.39, 0.29) is 11.8 Å². The average molecular weight is 536 g/mol. The number of H-pyrrole nitrogens is 1. The maximum absolute atomic E-state index is 12.8. The standard InChI is InChI=1S/C33H33N3O4/c1-39-31-17-24(33(38)40-2)10-12-26(31)27(15-22-8-5-9-23(14-22)19-34)29-20-35-30-13-11-25(18-28(29)30)36-32(37)16-21-6-3-4-7-21/h5,8-14,17-18,20-21,27,35H,3-4,6-7,15-16H2,1-2H3,(H,36,37). The molecule has 1 aliphatic carbocycles. The van der Waals surface area contributed by atoms with Crippen LogP contribution in [0.15, 0.2) is 66.9 Å². The second kappa shape index (κ2) is 12.1. The van der Waals surface area contributed by atoms with Crippen molar-refractivity contribution in [2.45, 2.75) is 44.4 Å². The summed E-state index contributed by atoms with van der Waals surface area (Å²) in [6.07, 6.45) is 7.80. The summed E-state index contributed by atoms with van der Waals surface area (Å²) in [4.78, 5) is 28.4. The van der Waals surface area contributed by atoms with Crippen LogP contribution >= 0.6 is 0 Å². The van der Waals surface area contributed by atoms with Crippen LogP contribution in [0.3, 0.4) is 0 Å². The predicted molar refractivity (Wildman–Crippen MR) is 155 cm³/mol. The van der Waals surface area contributed by atoms with E-state index in [4.69, 9.17) is 9.47 Å². The Morgan fingerprint density at radius 2 is 1.88 bits per heavy atom. The van der Waals surface area contributed by atoms with Crippen LogP contribution in [0, 0.1) is 17.2 Å². The highest BCUT2D eigenvalue weighted by Gasteiger charge is 2.24. The zero-order valence-corrected chi connectivity index (χ0v) is 22.8. The molecule has 1 aliphatic rings. The average Bonchev–Trinajstić information content (AvgIpc) is 3.65. The number of aromatic nitrogens is 1. The van der Waals surface area contributed by atoms with E-state index < -0.39 is 5.97 Å². The van der Waals surface area contributed by atoms with Gasteiger partial charge >= 0.3 is 5.97 Å². The maximum Gasteiger partial charge on any atom is 0.337 e. The monoisotopic (exact) mass is 535 g/mol. The number of nitriles is 1. The lowest BCUT2D eigenvalue weighted by molar-refractivity contribution is -0.117. The highest BCUT2D eigenvalue weighted by Crippen LogP contribution is 2.39. The second-order valence-electron chi connectivity index (χ2n) is 10.4. The summed E-state index contributed by atoms with van der Waals surface area (Å²) in [5.74, 6) is 0.482. The molecule has 0 aliphatic heterocycles. The summed E-state index contributed by atoms with van der Waals surface area (Å²) in [6, 6.07) is 21.1. The fourth-order valence-corrected chi connectivity index (χ4v) is 5.83. The van der Waals surface area contributed by atoms with Crippen molar-refractivity contribution in [1.29, 1.82) is 5.26 Å². The van der Waals surface area contributed by atoms with E-state index in [1.807, 2.05) is 48.7 Å². The van der Waals surface area contributed by atoms with Gasteiger partial charge in [-0.05, 0) is 78.8 Å². The number of rotatable bonds is 9. The van der Waals surface area contributed by atoms with Crippen molar-refractivity contribution in [2.24, 2.45) is 5.92 Å². The molecule has 7 nitrogen and oxygen atoms in total. The maximum atomic E-state index is 12.8. The number of carbonyl (C=O) groups excluding carboxylic acids is 2. The summed E-state index contributed by atoms with van der Waals surface area (Å²) in [7, 11) is 2.93. The Bertz CT molecular complexity index is 1580. The van der Waals surface area contributed by atoms with E-state index in [2.05, 4.69) is 16.4 Å². The Hall–Kier alpha value is -4.57. The van der Waals surface area contributed by atoms with Crippen LogP contribution in [-0.2, 0) is 16.0 Å². The molecule has 4 aromatic rings. The fourth-order valence-electron chi connectivity index (χ4n) is 5.83. The SMILES string of the molecule is COC(=O)c1ccc(C(Cc2cccc(C#N)c2)c2c[nH]c3ccc(NC(=O)CC4CCCC4)cc23)c(OC)c1. The molecule has 2 N–H and O–H groups in total. The summed E-state index contributed by atoms with van der Waals surface area (Å²) >= 11 is 0. The number of esters is 1. The third-order valence-electron chi connectivity index (χ3n) is 7.85. The number of nitrogens with one attached hydrogen (secondary N) is 2. The van der Waals surface area contributed by atoms with Crippen molar-refractivity contribution < 1.29 is 19.1 Å². The number of methoxy groups -OCH3 is 2. The van der Waals surface area contributed by atoms with Crippen LogP contribution in [0.25, 0.3) is 10.9 Å². The molecule has 1 fully saturated rings. The molecule has 1 heterocycles. The van der Waals surface area contributed by atoms with E-state index in [0.717, 1.165) is 46.1 Å². The van der Waals surface area contributed by atoms with Crippen LogP contribution in [-0.4, -0.2) is 31.1 Å². The van der Waals surface area contributed by atoms with Crippen LogP contribution in [0.4, 0.5) is 5.69 Å². The van der Waals surface area contributed by atoms with Crippen LogP contribution < -0.4 is 10.1 Å². The largest absolute Gasteiger partial charge is 0.496 e. The van der Waals surface area contributed by atoms with Gasteiger partial charge in [0.2, 0.25) is 5.91 Å². The van der Waals surface area contributed by atoms with Gasteiger partial charge in [0.05, 0.1) is 31.4 Å². The molecule has 1 unspecified atom stereocenters. The first kappa shape index (κ1) is 27.0. The van der Waals surface area contributed by atoms with Gasteiger partial charge in [0.1, 0.15) is 5.75 Å². The van der Waals surface area contributed by atoms with Gasteiger partial charge in [0.15, 0.2) is 0 Å². The number of benzene rings is 3. The molecule has 1 saturated carbocycles. The second-order valence-corrected chi connectivity index (χ2v) is 10.4. The van der Waals surface area contributed by atoms with Gasteiger partial charge in [-0.25, -0.2) is 4.79 Å². The topological polar surface area (TPSA) is 104 Å². The summed E-state index contributed by atoms with van der Waals surface area (Å²) in [5.41, 5.74) is 5.62. The van der Waals surface area contributed by atoms with Crippen LogP contribution in [0.1, 0.15) is 70.6 Å². The third kappa shape index (κ3) is 5.86. The molecular formula is C33H33N3O4. The van der Waals surface area contributed by atoms with Gasteiger partial charge in [-0.15, -0.1) is 0 Å². The van der Waals surface area contributed by atoms with Gasteiger partial charge in [0, 0.05) is 40.7 Å². The van der Waals surface area contributed by atoms with E-state index in [0.29, 0.717) is 35.6 Å². The minimum Gasteiger partial charge on any atom is -0.496 e. The smallest absolute Gasteiger partial charge is 0.337 e. The molecule has 0 spiro atoms. The molecule has 5 rings (SSSR count). The molecule has 204 valence electrons. The third-order valence-corrected chi connectivity index (χ3v) is 7.85. The molecule has 40 heavy (non-hydrogen) atoms. The van der Waals surface area contributed by atoms with Crippen molar-refractivity contribution in [1.82, 2.24) is 4.98 Å². The molecule has 0 radical (unpaired) electrons. The first-order chi connectivity index (χ1) is 19.5. The lowest BCUT2D eigenvalue weighted by atomic mass is 9.84. The number of ether oxygens (including phenoxy) is 2. The summed E-state index contributed by atoms with van der Waals surface area (Å²) in [5, 5.41) is 13.6. The van der Waals surface area contributed by atoms with Gasteiger partial charge in [-0.3, -0.25) is 4.79 Å². The van der Waals surface area contributed by atoms with Crippen molar-refractivity contribution in [2.75, 3.05) is 19.5 Å². The number of amides is 1.